The molecule has 190 valence electrons. The number of ether oxygens (including phenoxy) is 1. The Kier molecular flexibility index (Phi) is 7.12. The molecule has 2 saturated heterocycles. The lowest BCUT2D eigenvalue weighted by Crippen LogP contribution is -2.53. The van der Waals surface area contributed by atoms with Gasteiger partial charge in [0.15, 0.2) is 21.2 Å². The molecule has 2 unspecified atom stereocenters. The van der Waals surface area contributed by atoms with Gasteiger partial charge in [-0.25, -0.2) is 8.42 Å². The predicted octanol–water partition coefficient (Wildman–Crippen LogP) is 4.26. The van der Waals surface area contributed by atoms with Gasteiger partial charge in [0.25, 0.3) is 0 Å². The number of rotatable bonds is 5. The minimum Gasteiger partial charge on any atom is -0.448 e. The summed E-state index contributed by atoms with van der Waals surface area (Å²) in [6.45, 7) is 4.23. The summed E-state index contributed by atoms with van der Waals surface area (Å²) in [7, 11) is -3.41. The number of sulfone groups is 1. The van der Waals surface area contributed by atoms with Gasteiger partial charge in [-0.15, -0.1) is 0 Å². The van der Waals surface area contributed by atoms with Crippen LogP contribution in [-0.4, -0.2) is 55.9 Å². The number of hydrogen-bond donors (Lipinski definition) is 0. The molecule has 36 heavy (non-hydrogen) atoms. The van der Waals surface area contributed by atoms with Gasteiger partial charge in [0, 0.05) is 23.4 Å². The van der Waals surface area contributed by atoms with Crippen molar-refractivity contribution >= 4 is 39.1 Å². The number of ketones is 1. The molecule has 4 rings (SSSR count). The maximum absolute atomic E-state index is 13.6. The first kappa shape index (κ1) is 26.1. The molecule has 7 nitrogen and oxygen atoms in total. The Labute approximate surface area is 216 Å². The highest BCUT2D eigenvalue weighted by atomic mass is 35.5. The molecule has 0 saturated carbocycles. The number of Topliss-reactive ketones (excluding diaryl/α,β-unsaturated/α-hetero) is 1. The van der Waals surface area contributed by atoms with Crippen LogP contribution in [0.15, 0.2) is 53.4 Å². The van der Waals surface area contributed by atoms with Gasteiger partial charge in [0.05, 0.1) is 11.4 Å². The van der Waals surface area contributed by atoms with Crippen molar-refractivity contribution in [3.63, 3.8) is 0 Å². The summed E-state index contributed by atoms with van der Waals surface area (Å²) in [4.78, 5) is 40.9. The van der Waals surface area contributed by atoms with Crippen molar-refractivity contribution in [2.45, 2.75) is 49.5 Å². The number of halogens is 1. The fourth-order valence-electron chi connectivity index (χ4n) is 4.88. The van der Waals surface area contributed by atoms with Gasteiger partial charge in [0.2, 0.25) is 5.91 Å². The van der Waals surface area contributed by atoms with Gasteiger partial charge in [-0.05, 0) is 73.2 Å². The molecule has 0 bridgehead atoms. The van der Waals surface area contributed by atoms with E-state index in [2.05, 4.69) is 0 Å². The number of amides is 1. The van der Waals surface area contributed by atoms with Crippen LogP contribution in [0, 0.1) is 6.92 Å². The smallest absolute Gasteiger partial charge is 0.322 e. The Morgan fingerprint density at radius 1 is 1.25 bits per heavy atom. The highest BCUT2D eigenvalue weighted by molar-refractivity contribution is 7.90. The van der Waals surface area contributed by atoms with Gasteiger partial charge in [-0.1, -0.05) is 36.7 Å². The number of nitrogens with zero attached hydrogens (tertiary/aromatic N) is 1. The van der Waals surface area contributed by atoms with Crippen molar-refractivity contribution < 1.29 is 27.5 Å². The summed E-state index contributed by atoms with van der Waals surface area (Å²) in [5.74, 6) is -2.36. The summed E-state index contributed by atoms with van der Waals surface area (Å²) >= 11 is 6.59. The van der Waals surface area contributed by atoms with Crippen LogP contribution in [0.2, 0.25) is 5.02 Å². The van der Waals surface area contributed by atoms with Crippen molar-refractivity contribution in [3.05, 3.63) is 64.7 Å². The Morgan fingerprint density at radius 2 is 2.00 bits per heavy atom. The van der Waals surface area contributed by atoms with Crippen LogP contribution in [-0.2, 0) is 29.0 Å². The number of carbonyl (C=O) groups excluding carboxylic acids is 3. The van der Waals surface area contributed by atoms with E-state index in [1.807, 2.05) is 6.92 Å². The number of aryl methyl sites for hydroxylation is 1. The van der Waals surface area contributed by atoms with E-state index in [9.17, 15) is 22.8 Å². The SMILES string of the molecule is CCC=CC(=O)N1CCCC2(C1)OC(=O)C(c1cc(Cl)c(-c3cccc(S(C)(=O)=O)c3)cc1C)C2=O. The average molecular weight is 530 g/mol. The molecule has 0 aliphatic carbocycles. The number of carbonyl (C=O) groups is 3. The average Bonchev–Trinajstić information content (AvgIpc) is 3.06. The summed E-state index contributed by atoms with van der Waals surface area (Å²) in [5, 5.41) is 0.285. The molecule has 1 spiro atoms. The third-order valence-electron chi connectivity index (χ3n) is 6.75. The van der Waals surface area contributed by atoms with E-state index >= 15 is 0 Å². The first-order chi connectivity index (χ1) is 17.0. The number of piperidine rings is 1. The van der Waals surface area contributed by atoms with Crippen LogP contribution >= 0.6 is 11.6 Å². The molecular weight excluding hydrogens is 502 g/mol. The zero-order valence-electron chi connectivity index (χ0n) is 20.4. The molecular formula is C27H28ClNO6S. The lowest BCUT2D eigenvalue weighted by molar-refractivity contribution is -0.159. The Hall–Kier alpha value is -2.97. The summed E-state index contributed by atoms with van der Waals surface area (Å²) < 4.78 is 29.7. The van der Waals surface area contributed by atoms with E-state index in [4.69, 9.17) is 16.3 Å². The zero-order valence-corrected chi connectivity index (χ0v) is 22.0. The van der Waals surface area contributed by atoms with Crippen molar-refractivity contribution in [1.29, 1.82) is 0 Å². The summed E-state index contributed by atoms with van der Waals surface area (Å²) in [5.41, 5.74) is 0.937. The van der Waals surface area contributed by atoms with Crippen molar-refractivity contribution in [3.8, 4) is 11.1 Å². The molecule has 9 heteroatoms. The lowest BCUT2D eigenvalue weighted by Gasteiger charge is -2.37. The molecule has 2 aromatic rings. The molecule has 0 radical (unpaired) electrons. The number of benzene rings is 2. The van der Waals surface area contributed by atoms with Crippen molar-refractivity contribution in [2.24, 2.45) is 0 Å². The van der Waals surface area contributed by atoms with Gasteiger partial charge in [-0.3, -0.25) is 14.4 Å². The van der Waals surface area contributed by atoms with Crippen LogP contribution in [0.4, 0.5) is 0 Å². The Bertz CT molecular complexity index is 1380. The largest absolute Gasteiger partial charge is 0.448 e. The molecule has 0 N–H and O–H groups in total. The maximum atomic E-state index is 13.6. The van der Waals surface area contributed by atoms with Crippen LogP contribution < -0.4 is 0 Å². The van der Waals surface area contributed by atoms with Gasteiger partial charge in [0.1, 0.15) is 5.92 Å². The standard InChI is InChI=1S/C27H28ClNO6S/c1-4-5-10-23(30)29-12-7-11-27(16-29)25(31)24(26(32)35-27)20-15-22(28)21(13-17(20)2)18-8-6-9-19(14-18)36(3,33)34/h5-6,8-10,13-15,24H,4,7,11-12,16H2,1-3H3. The molecule has 2 aromatic carbocycles. The molecule has 2 fully saturated rings. The van der Waals surface area contributed by atoms with Gasteiger partial charge >= 0.3 is 5.97 Å². The van der Waals surface area contributed by atoms with Crippen LogP contribution in [0.5, 0.6) is 0 Å². The molecule has 0 aromatic heterocycles. The molecule has 2 atom stereocenters. The molecule has 2 heterocycles. The van der Waals surface area contributed by atoms with E-state index in [0.717, 1.165) is 12.7 Å². The minimum absolute atomic E-state index is 0.0319. The summed E-state index contributed by atoms with van der Waals surface area (Å²) in [6.07, 6.45) is 6.00. The highest BCUT2D eigenvalue weighted by Crippen LogP contribution is 2.43. The second-order valence-corrected chi connectivity index (χ2v) is 11.8. The third-order valence-corrected chi connectivity index (χ3v) is 8.17. The number of allylic oxidation sites excluding steroid dienone is 1. The first-order valence-electron chi connectivity index (χ1n) is 11.8. The quantitative estimate of drug-likeness (QED) is 0.326. The van der Waals surface area contributed by atoms with Gasteiger partial charge < -0.3 is 9.64 Å². The first-order valence-corrected chi connectivity index (χ1v) is 14.1. The predicted molar refractivity (Wildman–Crippen MR) is 137 cm³/mol. The fraction of sp³-hybridized carbons (Fsp3) is 0.370. The monoisotopic (exact) mass is 529 g/mol. The van der Waals surface area contributed by atoms with E-state index in [1.54, 1.807) is 48.2 Å². The van der Waals surface area contributed by atoms with Crippen LogP contribution in [0.3, 0.4) is 0 Å². The molecule has 2 aliphatic heterocycles. The zero-order chi connectivity index (χ0) is 26.3. The fourth-order valence-corrected chi connectivity index (χ4v) is 5.83. The normalized spacial score (nSPS) is 22.4. The van der Waals surface area contributed by atoms with Crippen LogP contribution in [0.25, 0.3) is 11.1 Å². The van der Waals surface area contributed by atoms with E-state index in [1.165, 1.54) is 12.1 Å². The number of hydrogen-bond acceptors (Lipinski definition) is 6. The summed E-state index contributed by atoms with van der Waals surface area (Å²) in [6, 6.07) is 9.77. The maximum Gasteiger partial charge on any atom is 0.322 e. The molecule has 2 aliphatic rings. The highest BCUT2D eigenvalue weighted by Gasteiger charge is 2.57. The van der Waals surface area contributed by atoms with Crippen molar-refractivity contribution in [1.82, 2.24) is 4.90 Å². The third kappa shape index (κ3) is 4.84. The second kappa shape index (κ2) is 9.82. The molecule has 1 amide bonds. The van der Waals surface area contributed by atoms with Crippen molar-refractivity contribution in [2.75, 3.05) is 19.3 Å². The lowest BCUT2D eigenvalue weighted by atomic mass is 9.81. The van der Waals surface area contributed by atoms with Gasteiger partial charge in [-0.2, -0.15) is 0 Å². The van der Waals surface area contributed by atoms with E-state index in [0.29, 0.717) is 41.6 Å². The van der Waals surface area contributed by atoms with Crippen LogP contribution in [0.1, 0.15) is 43.2 Å². The second-order valence-electron chi connectivity index (χ2n) is 9.38. The van der Waals surface area contributed by atoms with E-state index in [-0.39, 0.29) is 28.2 Å². The topological polar surface area (TPSA) is 97.8 Å². The Balaban J connectivity index is 1.66. The number of esters is 1. The Morgan fingerprint density at radius 3 is 2.69 bits per heavy atom. The minimum atomic E-state index is -3.41. The number of likely N-dealkylation sites (tertiary alicyclic amines) is 1. The van der Waals surface area contributed by atoms with E-state index < -0.39 is 27.3 Å².